The minimum absolute atomic E-state index is 0.671. The molecule has 0 saturated heterocycles. The Labute approximate surface area is 177 Å². The highest BCUT2D eigenvalue weighted by Gasteiger charge is 2.18. The van der Waals surface area contributed by atoms with Crippen molar-refractivity contribution < 1.29 is 9.47 Å². The van der Waals surface area contributed by atoms with E-state index in [0.717, 1.165) is 44.1 Å². The highest BCUT2D eigenvalue weighted by molar-refractivity contribution is 9.10. The third-order valence-corrected chi connectivity index (χ3v) is 5.21. The number of halogens is 1. The number of methoxy groups -OCH3 is 2. The molecule has 0 amide bonds. The standard InChI is InChI=1S/C22H21BrN4O2/c1-13-11-20(25-17-8-6-16(23)7-9-17)27-22(24-13)21(14(2)26-27)15-5-10-18(28-3)19(12-15)29-4/h5-12,25H,1-4H3. The molecule has 2 heterocycles. The summed E-state index contributed by atoms with van der Waals surface area (Å²) in [6.07, 6.45) is 0. The molecule has 0 aliphatic heterocycles. The molecule has 0 radical (unpaired) electrons. The smallest absolute Gasteiger partial charge is 0.165 e. The molecular formula is C22H21BrN4O2. The maximum Gasteiger partial charge on any atom is 0.165 e. The van der Waals surface area contributed by atoms with Gasteiger partial charge in [0, 0.05) is 27.5 Å². The average Bonchev–Trinajstić information content (AvgIpc) is 3.05. The molecule has 4 rings (SSSR count). The highest BCUT2D eigenvalue weighted by atomic mass is 79.9. The van der Waals surface area contributed by atoms with Gasteiger partial charge in [-0.2, -0.15) is 9.61 Å². The van der Waals surface area contributed by atoms with E-state index in [0.29, 0.717) is 11.5 Å². The molecule has 29 heavy (non-hydrogen) atoms. The van der Waals surface area contributed by atoms with Crippen LogP contribution in [0.15, 0.2) is 53.0 Å². The van der Waals surface area contributed by atoms with Gasteiger partial charge in [0.25, 0.3) is 0 Å². The number of aryl methyl sites for hydroxylation is 2. The van der Waals surface area contributed by atoms with E-state index in [4.69, 9.17) is 19.6 Å². The molecule has 4 aromatic rings. The molecule has 0 spiro atoms. The number of benzene rings is 2. The molecule has 148 valence electrons. The van der Waals surface area contributed by atoms with Crippen LogP contribution in [0.1, 0.15) is 11.4 Å². The second kappa shape index (κ2) is 7.75. The van der Waals surface area contributed by atoms with Crippen molar-refractivity contribution >= 4 is 33.1 Å². The number of rotatable bonds is 5. The minimum atomic E-state index is 0.671. The molecule has 0 bridgehead atoms. The van der Waals surface area contributed by atoms with Crippen molar-refractivity contribution in [3.63, 3.8) is 0 Å². The fourth-order valence-electron chi connectivity index (χ4n) is 3.34. The van der Waals surface area contributed by atoms with Crippen LogP contribution < -0.4 is 14.8 Å². The highest BCUT2D eigenvalue weighted by Crippen LogP contribution is 2.36. The van der Waals surface area contributed by atoms with Gasteiger partial charge in [0.1, 0.15) is 5.82 Å². The Balaban J connectivity index is 1.86. The molecule has 2 aromatic carbocycles. The zero-order chi connectivity index (χ0) is 20.5. The first-order valence-corrected chi connectivity index (χ1v) is 9.91. The van der Waals surface area contributed by atoms with Crippen LogP contribution in [0.3, 0.4) is 0 Å². The SMILES string of the molecule is COc1ccc(-c2c(C)nn3c(Nc4ccc(Br)cc4)cc(C)nc23)cc1OC. The summed E-state index contributed by atoms with van der Waals surface area (Å²) in [6.45, 7) is 3.97. The Kier molecular flexibility index (Phi) is 5.15. The first-order chi connectivity index (χ1) is 14.0. The number of nitrogens with one attached hydrogen (secondary N) is 1. The maximum atomic E-state index is 5.47. The lowest BCUT2D eigenvalue weighted by molar-refractivity contribution is 0.355. The van der Waals surface area contributed by atoms with Crippen LogP contribution in [-0.2, 0) is 0 Å². The molecule has 0 aliphatic rings. The predicted molar refractivity (Wildman–Crippen MR) is 118 cm³/mol. The van der Waals surface area contributed by atoms with Crippen molar-refractivity contribution in [2.45, 2.75) is 13.8 Å². The molecule has 7 heteroatoms. The van der Waals surface area contributed by atoms with Gasteiger partial charge >= 0.3 is 0 Å². The predicted octanol–water partition coefficient (Wildman–Crippen LogP) is 5.54. The molecule has 0 unspecified atom stereocenters. The summed E-state index contributed by atoms with van der Waals surface area (Å²) >= 11 is 3.47. The van der Waals surface area contributed by atoms with Crippen molar-refractivity contribution in [2.75, 3.05) is 19.5 Å². The molecule has 1 N–H and O–H groups in total. The summed E-state index contributed by atoms with van der Waals surface area (Å²) in [6, 6.07) is 15.8. The normalized spacial score (nSPS) is 10.9. The summed E-state index contributed by atoms with van der Waals surface area (Å²) in [5.74, 6) is 2.21. The van der Waals surface area contributed by atoms with Crippen molar-refractivity contribution in [1.29, 1.82) is 0 Å². The maximum absolute atomic E-state index is 5.47. The zero-order valence-corrected chi connectivity index (χ0v) is 18.2. The molecule has 6 nitrogen and oxygen atoms in total. The van der Waals surface area contributed by atoms with E-state index in [-0.39, 0.29) is 0 Å². The van der Waals surface area contributed by atoms with Crippen LogP contribution in [-0.4, -0.2) is 28.8 Å². The first kappa shape index (κ1) is 19.3. The van der Waals surface area contributed by atoms with E-state index in [9.17, 15) is 0 Å². The molecule has 0 aliphatic carbocycles. The first-order valence-electron chi connectivity index (χ1n) is 9.12. The van der Waals surface area contributed by atoms with Crippen molar-refractivity contribution in [1.82, 2.24) is 14.6 Å². The second-order valence-corrected chi connectivity index (χ2v) is 7.60. The molecule has 0 atom stereocenters. The van der Waals surface area contributed by atoms with Gasteiger partial charge in [-0.1, -0.05) is 22.0 Å². The minimum Gasteiger partial charge on any atom is -0.493 e. The van der Waals surface area contributed by atoms with Crippen LogP contribution in [0.2, 0.25) is 0 Å². The number of hydrogen-bond acceptors (Lipinski definition) is 5. The van der Waals surface area contributed by atoms with E-state index < -0.39 is 0 Å². The summed E-state index contributed by atoms with van der Waals surface area (Å²) in [7, 11) is 3.26. The van der Waals surface area contributed by atoms with Crippen LogP contribution >= 0.6 is 15.9 Å². The van der Waals surface area contributed by atoms with Gasteiger partial charge in [-0.05, 0) is 55.8 Å². The van der Waals surface area contributed by atoms with Gasteiger partial charge in [0.2, 0.25) is 0 Å². The number of anilines is 2. The van der Waals surface area contributed by atoms with Crippen LogP contribution in [0.4, 0.5) is 11.5 Å². The Morgan fingerprint density at radius 1 is 0.931 bits per heavy atom. The van der Waals surface area contributed by atoms with Crippen molar-refractivity contribution in [3.05, 3.63) is 64.4 Å². The van der Waals surface area contributed by atoms with Crippen LogP contribution in [0.25, 0.3) is 16.8 Å². The van der Waals surface area contributed by atoms with E-state index >= 15 is 0 Å². The second-order valence-electron chi connectivity index (χ2n) is 6.68. The molecule has 0 saturated carbocycles. The van der Waals surface area contributed by atoms with Gasteiger partial charge in [-0.3, -0.25) is 0 Å². The zero-order valence-electron chi connectivity index (χ0n) is 16.7. The summed E-state index contributed by atoms with van der Waals surface area (Å²) < 4.78 is 13.7. The molecule has 0 fully saturated rings. The van der Waals surface area contributed by atoms with E-state index in [2.05, 4.69) is 21.2 Å². The van der Waals surface area contributed by atoms with Crippen LogP contribution in [0, 0.1) is 13.8 Å². The Bertz CT molecular complexity index is 1190. The number of nitrogens with zero attached hydrogens (tertiary/aromatic N) is 3. The lowest BCUT2D eigenvalue weighted by atomic mass is 10.1. The Morgan fingerprint density at radius 3 is 2.34 bits per heavy atom. The van der Waals surface area contributed by atoms with Crippen LogP contribution in [0.5, 0.6) is 11.5 Å². The van der Waals surface area contributed by atoms with Gasteiger partial charge < -0.3 is 14.8 Å². The third-order valence-electron chi connectivity index (χ3n) is 4.68. The Hall–Kier alpha value is -3.06. The Morgan fingerprint density at radius 2 is 1.66 bits per heavy atom. The fourth-order valence-corrected chi connectivity index (χ4v) is 3.61. The molecular weight excluding hydrogens is 432 g/mol. The lowest BCUT2D eigenvalue weighted by Crippen LogP contribution is -2.02. The fraction of sp³-hybridized carbons (Fsp3) is 0.182. The summed E-state index contributed by atoms with van der Waals surface area (Å²) in [4.78, 5) is 4.77. The largest absolute Gasteiger partial charge is 0.493 e. The number of ether oxygens (including phenoxy) is 2. The van der Waals surface area contributed by atoms with Gasteiger partial charge in [0.15, 0.2) is 17.1 Å². The van der Waals surface area contributed by atoms with Gasteiger partial charge in [-0.15, -0.1) is 0 Å². The number of hydrogen-bond donors (Lipinski definition) is 1. The monoisotopic (exact) mass is 452 g/mol. The summed E-state index contributed by atoms with van der Waals surface area (Å²) in [5, 5.41) is 8.20. The van der Waals surface area contributed by atoms with E-state index in [1.54, 1.807) is 14.2 Å². The quantitative estimate of drug-likeness (QED) is 0.430. The van der Waals surface area contributed by atoms with Crippen molar-refractivity contribution in [3.8, 4) is 22.6 Å². The van der Waals surface area contributed by atoms with E-state index in [1.165, 1.54) is 0 Å². The molecule has 2 aromatic heterocycles. The average molecular weight is 453 g/mol. The summed E-state index contributed by atoms with van der Waals surface area (Å²) in [5.41, 5.74) is 5.49. The van der Waals surface area contributed by atoms with E-state index in [1.807, 2.05) is 66.9 Å². The topological polar surface area (TPSA) is 60.7 Å². The number of aromatic nitrogens is 3. The van der Waals surface area contributed by atoms with Gasteiger partial charge in [0.05, 0.1) is 19.9 Å². The van der Waals surface area contributed by atoms with Crippen molar-refractivity contribution in [2.24, 2.45) is 0 Å². The number of fused-ring (bicyclic) bond motifs is 1. The third kappa shape index (κ3) is 3.65. The van der Waals surface area contributed by atoms with Gasteiger partial charge in [-0.25, -0.2) is 4.98 Å². The lowest BCUT2D eigenvalue weighted by Gasteiger charge is -2.11.